The van der Waals surface area contributed by atoms with E-state index in [1.54, 1.807) is 18.3 Å². The van der Waals surface area contributed by atoms with Gasteiger partial charge in [0.15, 0.2) is 0 Å². The van der Waals surface area contributed by atoms with Crippen LogP contribution >= 0.6 is 11.3 Å². The number of nitrogens with zero attached hydrogens (tertiary/aromatic N) is 3. The van der Waals surface area contributed by atoms with Crippen molar-refractivity contribution < 1.29 is 9.18 Å². The quantitative estimate of drug-likeness (QED) is 0.719. The maximum absolute atomic E-state index is 13.8. The fourth-order valence-electron chi connectivity index (χ4n) is 3.14. The summed E-state index contributed by atoms with van der Waals surface area (Å²) in [5, 5.41) is 4.81. The highest BCUT2D eigenvalue weighted by molar-refractivity contribution is 7.20. The summed E-state index contributed by atoms with van der Waals surface area (Å²) in [5.41, 5.74) is 0. The minimum atomic E-state index is -0.272. The molecule has 1 aromatic carbocycles. The van der Waals surface area contributed by atoms with Crippen LogP contribution in [0.2, 0.25) is 0 Å². The zero-order valence-electron chi connectivity index (χ0n) is 12.5. The molecule has 1 amide bonds. The summed E-state index contributed by atoms with van der Waals surface area (Å²) in [4.78, 5) is 15.2. The van der Waals surface area contributed by atoms with Crippen molar-refractivity contribution in [3.63, 3.8) is 0 Å². The Balaban J connectivity index is 1.58. The Bertz CT molecular complexity index is 843. The summed E-state index contributed by atoms with van der Waals surface area (Å²) < 4.78 is 16.6. The number of halogens is 1. The molecule has 0 saturated carbocycles. The second kappa shape index (κ2) is 5.77. The van der Waals surface area contributed by atoms with Gasteiger partial charge >= 0.3 is 0 Å². The van der Waals surface area contributed by atoms with Crippen LogP contribution in [0.1, 0.15) is 28.6 Å². The number of piperidine rings is 1. The van der Waals surface area contributed by atoms with E-state index in [1.807, 2.05) is 27.9 Å². The molecule has 23 heavy (non-hydrogen) atoms. The standard InChI is InChI=1S/C17H16FN3OS/c18-14-5-1-6-15-13(14)10-16(23-15)17(22)20-8-2-4-12(11-20)21-9-3-7-19-21/h1,3,5-7,9-10,12H,2,4,8,11H2. The molecule has 1 fully saturated rings. The smallest absolute Gasteiger partial charge is 0.264 e. The van der Waals surface area contributed by atoms with Crippen molar-refractivity contribution in [1.29, 1.82) is 0 Å². The lowest BCUT2D eigenvalue weighted by molar-refractivity contribution is 0.0678. The number of hydrogen-bond donors (Lipinski definition) is 0. The molecule has 0 N–H and O–H groups in total. The maximum Gasteiger partial charge on any atom is 0.264 e. The van der Waals surface area contributed by atoms with E-state index in [4.69, 9.17) is 0 Å². The predicted octanol–water partition coefficient (Wildman–Crippen LogP) is 3.71. The van der Waals surface area contributed by atoms with Crippen molar-refractivity contribution in [2.75, 3.05) is 13.1 Å². The van der Waals surface area contributed by atoms with Crippen LogP contribution in [0.5, 0.6) is 0 Å². The highest BCUT2D eigenvalue weighted by Gasteiger charge is 2.26. The molecule has 0 radical (unpaired) electrons. The molecule has 3 aromatic rings. The molecule has 6 heteroatoms. The number of aromatic nitrogens is 2. The van der Waals surface area contributed by atoms with Crippen molar-refractivity contribution in [1.82, 2.24) is 14.7 Å². The van der Waals surface area contributed by atoms with E-state index in [1.165, 1.54) is 17.4 Å². The van der Waals surface area contributed by atoms with Crippen LogP contribution in [0.4, 0.5) is 4.39 Å². The zero-order chi connectivity index (χ0) is 15.8. The van der Waals surface area contributed by atoms with Crippen molar-refractivity contribution in [2.24, 2.45) is 0 Å². The Morgan fingerprint density at radius 2 is 2.26 bits per heavy atom. The van der Waals surface area contributed by atoms with Crippen LogP contribution in [-0.4, -0.2) is 33.7 Å². The Morgan fingerprint density at radius 3 is 3.04 bits per heavy atom. The van der Waals surface area contributed by atoms with Gasteiger partial charge in [-0.25, -0.2) is 4.39 Å². The largest absolute Gasteiger partial charge is 0.336 e. The summed E-state index contributed by atoms with van der Waals surface area (Å²) in [5.74, 6) is -0.284. The number of hydrogen-bond acceptors (Lipinski definition) is 3. The molecular formula is C17H16FN3OS. The Morgan fingerprint density at radius 1 is 1.35 bits per heavy atom. The lowest BCUT2D eigenvalue weighted by Gasteiger charge is -2.32. The second-order valence-corrected chi connectivity index (χ2v) is 6.88. The third-order valence-electron chi connectivity index (χ3n) is 4.30. The summed E-state index contributed by atoms with van der Waals surface area (Å²) in [7, 11) is 0. The number of carbonyl (C=O) groups excluding carboxylic acids is 1. The third kappa shape index (κ3) is 2.63. The van der Waals surface area contributed by atoms with Gasteiger partial charge in [-0.2, -0.15) is 5.10 Å². The number of rotatable bonds is 2. The minimum absolute atomic E-state index is 0.0116. The van der Waals surface area contributed by atoms with Gasteiger partial charge in [0, 0.05) is 35.6 Å². The monoisotopic (exact) mass is 329 g/mol. The summed E-state index contributed by atoms with van der Waals surface area (Å²) in [6.45, 7) is 1.39. The third-order valence-corrected chi connectivity index (χ3v) is 5.39. The molecule has 1 saturated heterocycles. The normalized spacial score (nSPS) is 18.5. The number of fused-ring (bicyclic) bond motifs is 1. The molecule has 1 aliphatic heterocycles. The number of carbonyl (C=O) groups is 1. The average molecular weight is 329 g/mol. The predicted molar refractivity (Wildman–Crippen MR) is 88.2 cm³/mol. The van der Waals surface area contributed by atoms with Crippen LogP contribution in [-0.2, 0) is 0 Å². The van der Waals surface area contributed by atoms with Gasteiger partial charge in [-0.05, 0) is 37.1 Å². The van der Waals surface area contributed by atoms with Crippen LogP contribution < -0.4 is 0 Å². The highest BCUT2D eigenvalue weighted by atomic mass is 32.1. The first-order valence-electron chi connectivity index (χ1n) is 7.69. The molecule has 1 unspecified atom stereocenters. The van der Waals surface area contributed by atoms with Crippen molar-refractivity contribution in [3.05, 3.63) is 53.4 Å². The Hall–Kier alpha value is -2.21. The van der Waals surface area contributed by atoms with E-state index in [0.29, 0.717) is 16.8 Å². The fourth-order valence-corrected chi connectivity index (χ4v) is 4.18. The molecule has 4 rings (SSSR count). The van der Waals surface area contributed by atoms with E-state index in [-0.39, 0.29) is 17.8 Å². The van der Waals surface area contributed by atoms with Crippen LogP contribution in [0.15, 0.2) is 42.7 Å². The van der Waals surface area contributed by atoms with E-state index in [2.05, 4.69) is 5.10 Å². The van der Waals surface area contributed by atoms with Crippen LogP contribution in [0.3, 0.4) is 0 Å². The SMILES string of the molecule is O=C(c1cc2c(F)cccc2s1)N1CCCC(n2cccn2)C1. The van der Waals surface area contributed by atoms with Crippen LogP contribution in [0.25, 0.3) is 10.1 Å². The lowest BCUT2D eigenvalue weighted by Crippen LogP contribution is -2.40. The summed E-state index contributed by atoms with van der Waals surface area (Å²) >= 11 is 1.36. The number of amides is 1. The molecule has 1 aliphatic rings. The molecule has 0 spiro atoms. The molecule has 118 valence electrons. The summed E-state index contributed by atoms with van der Waals surface area (Å²) in [6, 6.07) is 8.75. The number of benzene rings is 1. The molecular weight excluding hydrogens is 313 g/mol. The minimum Gasteiger partial charge on any atom is -0.336 e. The van der Waals surface area contributed by atoms with E-state index >= 15 is 0 Å². The van der Waals surface area contributed by atoms with Crippen molar-refractivity contribution in [2.45, 2.75) is 18.9 Å². The van der Waals surface area contributed by atoms with Gasteiger partial charge in [-0.3, -0.25) is 9.48 Å². The van der Waals surface area contributed by atoms with E-state index < -0.39 is 0 Å². The Kier molecular flexibility index (Phi) is 3.61. The first-order valence-corrected chi connectivity index (χ1v) is 8.50. The molecule has 0 bridgehead atoms. The molecule has 2 aromatic heterocycles. The topological polar surface area (TPSA) is 38.1 Å². The fraction of sp³-hybridized carbons (Fsp3) is 0.294. The van der Waals surface area contributed by atoms with Gasteiger partial charge in [0.25, 0.3) is 5.91 Å². The van der Waals surface area contributed by atoms with E-state index in [9.17, 15) is 9.18 Å². The molecule has 0 aliphatic carbocycles. The first-order chi connectivity index (χ1) is 11.2. The molecule has 4 nitrogen and oxygen atoms in total. The maximum atomic E-state index is 13.8. The average Bonchev–Trinajstić information content (AvgIpc) is 3.24. The van der Waals surface area contributed by atoms with Crippen molar-refractivity contribution in [3.8, 4) is 0 Å². The van der Waals surface area contributed by atoms with Gasteiger partial charge in [0.05, 0.1) is 10.9 Å². The van der Waals surface area contributed by atoms with Crippen LogP contribution in [0, 0.1) is 5.82 Å². The summed E-state index contributed by atoms with van der Waals surface area (Å²) in [6.07, 6.45) is 5.67. The lowest BCUT2D eigenvalue weighted by atomic mass is 10.1. The Labute approximate surface area is 137 Å². The second-order valence-electron chi connectivity index (χ2n) is 5.80. The van der Waals surface area contributed by atoms with Gasteiger partial charge in [-0.1, -0.05) is 6.07 Å². The van der Waals surface area contributed by atoms with Crippen molar-refractivity contribution >= 4 is 27.3 Å². The molecule has 1 atom stereocenters. The number of thiophene rings is 1. The van der Waals surface area contributed by atoms with Gasteiger partial charge in [-0.15, -0.1) is 11.3 Å². The molecule has 3 heterocycles. The highest BCUT2D eigenvalue weighted by Crippen LogP contribution is 2.30. The van der Waals surface area contributed by atoms with E-state index in [0.717, 1.165) is 24.1 Å². The first kappa shape index (κ1) is 14.4. The number of likely N-dealkylation sites (tertiary alicyclic amines) is 1. The zero-order valence-corrected chi connectivity index (χ0v) is 13.3. The van der Waals surface area contributed by atoms with Gasteiger partial charge < -0.3 is 4.90 Å². The van der Waals surface area contributed by atoms with Gasteiger partial charge in [0.1, 0.15) is 5.82 Å². The van der Waals surface area contributed by atoms with Gasteiger partial charge in [0.2, 0.25) is 0 Å².